The van der Waals surface area contributed by atoms with Gasteiger partial charge in [-0.05, 0) is 20.3 Å². The molecule has 0 saturated carbocycles. The first-order valence-electron chi connectivity index (χ1n) is 4.23. The number of amides is 1. The second-order valence-corrected chi connectivity index (χ2v) is 3.64. The molecule has 4 nitrogen and oxygen atoms in total. The molecular weight excluding hydrogens is 170 g/mol. The van der Waals surface area contributed by atoms with Gasteiger partial charge in [0.15, 0.2) is 0 Å². The molecule has 0 saturated heterocycles. The lowest BCUT2D eigenvalue weighted by atomic mass is 9.98. The van der Waals surface area contributed by atoms with Crippen LogP contribution in [0.5, 0.6) is 0 Å². The minimum absolute atomic E-state index is 0.0881. The number of nitrogens with one attached hydrogen (secondary N) is 1. The van der Waals surface area contributed by atoms with Gasteiger partial charge in [0, 0.05) is 18.9 Å². The molecule has 13 heavy (non-hydrogen) atoms. The summed E-state index contributed by atoms with van der Waals surface area (Å²) in [7, 11) is 1.35. The average molecular weight is 187 g/mol. The molecule has 1 N–H and O–H groups in total. The Morgan fingerprint density at radius 1 is 1.38 bits per heavy atom. The maximum absolute atomic E-state index is 10.8. The molecule has 0 rings (SSSR count). The summed E-state index contributed by atoms with van der Waals surface area (Å²) in [6.45, 7) is 5.20. The number of hydrogen-bond donors (Lipinski definition) is 1. The molecule has 0 spiro atoms. The van der Waals surface area contributed by atoms with Gasteiger partial charge < -0.3 is 10.1 Å². The number of carbonyl (C=O) groups is 2. The monoisotopic (exact) mass is 187 g/mol. The standard InChI is InChI=1S/C9H17NO3/c1-7(11)10-9(2,3)6-5-8(12)13-4/h5-6H2,1-4H3,(H,10,11). The van der Waals surface area contributed by atoms with E-state index in [1.807, 2.05) is 13.8 Å². The van der Waals surface area contributed by atoms with Crippen LogP contribution < -0.4 is 5.32 Å². The highest BCUT2D eigenvalue weighted by atomic mass is 16.5. The smallest absolute Gasteiger partial charge is 0.305 e. The van der Waals surface area contributed by atoms with Crippen LogP contribution in [0, 0.1) is 0 Å². The highest BCUT2D eigenvalue weighted by molar-refractivity contribution is 5.74. The Labute approximate surface area is 78.6 Å². The maximum atomic E-state index is 10.8. The third-order valence-corrected chi connectivity index (χ3v) is 1.70. The number of esters is 1. The molecule has 0 unspecified atom stereocenters. The number of rotatable bonds is 4. The molecule has 4 heteroatoms. The molecule has 0 aliphatic heterocycles. The van der Waals surface area contributed by atoms with Crippen LogP contribution in [0.2, 0.25) is 0 Å². The van der Waals surface area contributed by atoms with Crippen molar-refractivity contribution >= 4 is 11.9 Å². The zero-order chi connectivity index (χ0) is 10.5. The van der Waals surface area contributed by atoms with Crippen molar-refractivity contribution in [2.45, 2.75) is 39.2 Å². The summed E-state index contributed by atoms with van der Waals surface area (Å²) < 4.78 is 4.50. The molecule has 0 heterocycles. The Balaban J connectivity index is 3.88. The number of carbonyl (C=O) groups excluding carboxylic acids is 2. The fourth-order valence-electron chi connectivity index (χ4n) is 1.06. The van der Waals surface area contributed by atoms with Crippen molar-refractivity contribution in [1.29, 1.82) is 0 Å². The van der Waals surface area contributed by atoms with Crippen molar-refractivity contribution in [3.8, 4) is 0 Å². The van der Waals surface area contributed by atoms with E-state index in [4.69, 9.17) is 0 Å². The zero-order valence-corrected chi connectivity index (χ0v) is 8.64. The average Bonchev–Trinajstić information content (AvgIpc) is 1.98. The van der Waals surface area contributed by atoms with Gasteiger partial charge in [-0.2, -0.15) is 0 Å². The van der Waals surface area contributed by atoms with E-state index < -0.39 is 0 Å². The van der Waals surface area contributed by atoms with Gasteiger partial charge in [-0.3, -0.25) is 9.59 Å². The lowest BCUT2D eigenvalue weighted by Crippen LogP contribution is -2.42. The molecule has 0 atom stereocenters. The predicted octanol–water partition coefficient (Wildman–Crippen LogP) is 0.854. The van der Waals surface area contributed by atoms with Crippen LogP contribution in [0.25, 0.3) is 0 Å². The first-order chi connectivity index (χ1) is 5.87. The van der Waals surface area contributed by atoms with Crippen LogP contribution in [0.4, 0.5) is 0 Å². The van der Waals surface area contributed by atoms with E-state index in [-0.39, 0.29) is 17.4 Å². The number of methoxy groups -OCH3 is 1. The summed E-state index contributed by atoms with van der Waals surface area (Å²) >= 11 is 0. The fraction of sp³-hybridized carbons (Fsp3) is 0.778. The van der Waals surface area contributed by atoms with Crippen molar-refractivity contribution in [2.75, 3.05) is 7.11 Å². The number of hydrogen-bond acceptors (Lipinski definition) is 3. The van der Waals surface area contributed by atoms with Gasteiger partial charge in [0.25, 0.3) is 0 Å². The van der Waals surface area contributed by atoms with Crippen molar-refractivity contribution < 1.29 is 14.3 Å². The van der Waals surface area contributed by atoms with Crippen LogP contribution in [-0.2, 0) is 14.3 Å². The van der Waals surface area contributed by atoms with Crippen LogP contribution >= 0.6 is 0 Å². The van der Waals surface area contributed by atoms with E-state index in [1.165, 1.54) is 14.0 Å². The van der Waals surface area contributed by atoms with E-state index in [0.717, 1.165) is 0 Å². The second-order valence-electron chi connectivity index (χ2n) is 3.64. The Kier molecular flexibility index (Phi) is 4.45. The van der Waals surface area contributed by atoms with Crippen molar-refractivity contribution in [2.24, 2.45) is 0 Å². The molecule has 0 aliphatic rings. The summed E-state index contributed by atoms with van der Waals surface area (Å²) in [6.07, 6.45) is 0.906. The lowest BCUT2D eigenvalue weighted by molar-refractivity contribution is -0.141. The molecule has 0 fully saturated rings. The Morgan fingerprint density at radius 3 is 2.31 bits per heavy atom. The van der Waals surface area contributed by atoms with Gasteiger partial charge >= 0.3 is 5.97 Å². The summed E-state index contributed by atoms with van der Waals surface area (Å²) in [5.74, 6) is -0.340. The summed E-state index contributed by atoms with van der Waals surface area (Å²) in [5, 5.41) is 2.75. The lowest BCUT2D eigenvalue weighted by Gasteiger charge is -2.24. The molecule has 0 aliphatic carbocycles. The van der Waals surface area contributed by atoms with Gasteiger partial charge in [-0.1, -0.05) is 0 Å². The summed E-state index contributed by atoms with van der Waals surface area (Å²) in [5.41, 5.74) is -0.347. The molecule has 0 bridgehead atoms. The summed E-state index contributed by atoms with van der Waals surface area (Å²) in [6, 6.07) is 0. The van der Waals surface area contributed by atoms with E-state index >= 15 is 0 Å². The molecule has 0 radical (unpaired) electrons. The zero-order valence-electron chi connectivity index (χ0n) is 8.64. The molecular formula is C9H17NO3. The van der Waals surface area contributed by atoms with Gasteiger partial charge in [-0.25, -0.2) is 0 Å². The van der Waals surface area contributed by atoms with Gasteiger partial charge in [0.2, 0.25) is 5.91 Å². The Hall–Kier alpha value is -1.06. The van der Waals surface area contributed by atoms with Gasteiger partial charge in [0.05, 0.1) is 7.11 Å². The highest BCUT2D eigenvalue weighted by Crippen LogP contribution is 2.11. The number of ether oxygens (including phenoxy) is 1. The molecule has 76 valence electrons. The largest absolute Gasteiger partial charge is 0.469 e. The van der Waals surface area contributed by atoms with Crippen LogP contribution in [0.3, 0.4) is 0 Å². The van der Waals surface area contributed by atoms with E-state index in [2.05, 4.69) is 10.1 Å². The first kappa shape index (κ1) is 11.9. The topological polar surface area (TPSA) is 55.4 Å². The molecule has 0 aromatic carbocycles. The normalized spacial score (nSPS) is 10.8. The highest BCUT2D eigenvalue weighted by Gasteiger charge is 2.19. The minimum Gasteiger partial charge on any atom is -0.469 e. The third-order valence-electron chi connectivity index (χ3n) is 1.70. The van der Waals surface area contributed by atoms with Crippen molar-refractivity contribution in [3.63, 3.8) is 0 Å². The second kappa shape index (κ2) is 4.84. The van der Waals surface area contributed by atoms with Gasteiger partial charge in [-0.15, -0.1) is 0 Å². The minimum atomic E-state index is -0.347. The molecule has 0 aromatic rings. The Morgan fingerprint density at radius 2 is 1.92 bits per heavy atom. The van der Waals surface area contributed by atoms with Crippen LogP contribution in [-0.4, -0.2) is 24.5 Å². The summed E-state index contributed by atoms with van der Waals surface area (Å²) in [4.78, 5) is 21.6. The Bertz CT molecular complexity index is 199. The quantitative estimate of drug-likeness (QED) is 0.664. The van der Waals surface area contributed by atoms with E-state index in [9.17, 15) is 9.59 Å². The fourth-order valence-corrected chi connectivity index (χ4v) is 1.06. The predicted molar refractivity (Wildman–Crippen MR) is 49.1 cm³/mol. The SMILES string of the molecule is COC(=O)CCC(C)(C)NC(C)=O. The molecule has 1 amide bonds. The molecule has 0 aromatic heterocycles. The van der Waals surface area contributed by atoms with Crippen molar-refractivity contribution in [3.05, 3.63) is 0 Å². The van der Waals surface area contributed by atoms with Crippen LogP contribution in [0.15, 0.2) is 0 Å². The first-order valence-corrected chi connectivity index (χ1v) is 4.23. The van der Waals surface area contributed by atoms with E-state index in [1.54, 1.807) is 0 Å². The van der Waals surface area contributed by atoms with E-state index in [0.29, 0.717) is 12.8 Å². The van der Waals surface area contributed by atoms with Crippen LogP contribution in [0.1, 0.15) is 33.6 Å². The maximum Gasteiger partial charge on any atom is 0.305 e. The van der Waals surface area contributed by atoms with Crippen molar-refractivity contribution in [1.82, 2.24) is 5.32 Å². The third kappa shape index (κ3) is 6.13. The van der Waals surface area contributed by atoms with Gasteiger partial charge in [0.1, 0.15) is 0 Å².